The Labute approximate surface area is 155 Å². The number of piperazine rings is 1. The van der Waals surface area contributed by atoms with Crippen LogP contribution in [0.2, 0.25) is 0 Å². The van der Waals surface area contributed by atoms with Gasteiger partial charge >= 0.3 is 0 Å². The Hall–Kier alpha value is -1.67. The van der Waals surface area contributed by atoms with Crippen LogP contribution in [0.25, 0.3) is 0 Å². The second-order valence-electron chi connectivity index (χ2n) is 7.00. The summed E-state index contributed by atoms with van der Waals surface area (Å²) in [4.78, 5) is 23.6. The first kappa shape index (κ1) is 19.1. The number of aromatic nitrogens is 1. The van der Waals surface area contributed by atoms with Gasteiger partial charge in [-0.1, -0.05) is 6.92 Å². The summed E-state index contributed by atoms with van der Waals surface area (Å²) in [7, 11) is -3.02. The van der Waals surface area contributed by atoms with Gasteiger partial charge in [0.25, 0.3) is 5.91 Å². The topological polar surface area (TPSA) is 73.8 Å². The zero-order valence-electron chi connectivity index (χ0n) is 15.6. The van der Waals surface area contributed by atoms with Crippen LogP contribution in [-0.4, -0.2) is 85.9 Å². The Morgan fingerprint density at radius 2 is 1.96 bits per heavy atom. The van der Waals surface area contributed by atoms with E-state index >= 15 is 0 Å². The molecule has 0 saturated carbocycles. The molecular formula is C18H28N4O3S. The molecule has 0 N–H and O–H groups in total. The van der Waals surface area contributed by atoms with E-state index in [1.165, 1.54) is 0 Å². The number of carbonyl (C=O) groups excluding carboxylic acids is 1. The molecule has 2 saturated heterocycles. The van der Waals surface area contributed by atoms with Gasteiger partial charge in [-0.05, 0) is 26.0 Å². The fourth-order valence-electron chi connectivity index (χ4n) is 3.79. The van der Waals surface area contributed by atoms with E-state index in [0.29, 0.717) is 18.5 Å². The van der Waals surface area contributed by atoms with Crippen molar-refractivity contribution < 1.29 is 13.2 Å². The second kappa shape index (κ2) is 7.92. The minimum absolute atomic E-state index is 0.0681. The number of hydrogen-bond acceptors (Lipinski definition) is 6. The summed E-state index contributed by atoms with van der Waals surface area (Å²) >= 11 is 0. The van der Waals surface area contributed by atoms with Gasteiger partial charge in [-0.25, -0.2) is 8.42 Å². The molecular weight excluding hydrogens is 352 g/mol. The fraction of sp³-hybridized carbons (Fsp3) is 0.667. The molecule has 1 unspecified atom stereocenters. The van der Waals surface area contributed by atoms with Crippen LogP contribution in [-0.2, 0) is 9.84 Å². The third-order valence-corrected chi connectivity index (χ3v) is 7.16. The molecule has 0 aromatic carbocycles. The van der Waals surface area contributed by atoms with E-state index in [1.807, 2.05) is 13.0 Å². The number of rotatable bonds is 5. The van der Waals surface area contributed by atoms with Gasteiger partial charge in [-0.15, -0.1) is 0 Å². The smallest absolute Gasteiger partial charge is 0.255 e. The van der Waals surface area contributed by atoms with Crippen molar-refractivity contribution in [2.45, 2.75) is 26.3 Å². The molecule has 26 heavy (non-hydrogen) atoms. The first-order chi connectivity index (χ1) is 12.4. The molecule has 3 rings (SSSR count). The molecule has 2 aliphatic heterocycles. The van der Waals surface area contributed by atoms with Gasteiger partial charge in [0.1, 0.15) is 0 Å². The molecule has 1 aromatic rings. The Bertz CT molecular complexity index is 745. The summed E-state index contributed by atoms with van der Waals surface area (Å²) in [5.41, 5.74) is 1.49. The maximum Gasteiger partial charge on any atom is 0.255 e. The molecule has 0 aliphatic carbocycles. The predicted molar refractivity (Wildman–Crippen MR) is 102 cm³/mol. The molecule has 2 fully saturated rings. The van der Waals surface area contributed by atoms with Crippen LogP contribution in [0, 0.1) is 0 Å². The van der Waals surface area contributed by atoms with Crippen LogP contribution < -0.4 is 4.90 Å². The maximum absolute atomic E-state index is 13.0. The molecule has 1 atom stereocenters. The van der Waals surface area contributed by atoms with Gasteiger partial charge in [0, 0.05) is 45.0 Å². The number of likely N-dealkylation sites (N-methyl/N-ethyl adjacent to an activating group) is 1. The van der Waals surface area contributed by atoms with Crippen molar-refractivity contribution in [3.63, 3.8) is 0 Å². The van der Waals surface area contributed by atoms with Crippen LogP contribution in [0.15, 0.2) is 18.5 Å². The lowest BCUT2D eigenvalue weighted by atomic mass is 10.1. The molecule has 1 aromatic heterocycles. The zero-order chi connectivity index (χ0) is 18.7. The van der Waals surface area contributed by atoms with Crippen LogP contribution in [0.5, 0.6) is 0 Å². The first-order valence-corrected chi connectivity index (χ1v) is 11.2. The van der Waals surface area contributed by atoms with Crippen molar-refractivity contribution in [3.05, 3.63) is 24.0 Å². The van der Waals surface area contributed by atoms with Gasteiger partial charge < -0.3 is 14.7 Å². The highest BCUT2D eigenvalue weighted by Crippen LogP contribution is 2.22. The summed E-state index contributed by atoms with van der Waals surface area (Å²) in [6.07, 6.45) is 3.91. The van der Waals surface area contributed by atoms with E-state index in [-0.39, 0.29) is 23.5 Å². The third kappa shape index (κ3) is 4.17. The number of hydrogen-bond donors (Lipinski definition) is 0. The Balaban J connectivity index is 1.73. The van der Waals surface area contributed by atoms with Gasteiger partial charge in [0.2, 0.25) is 0 Å². The van der Waals surface area contributed by atoms with E-state index in [9.17, 15) is 13.2 Å². The molecule has 144 valence electrons. The van der Waals surface area contributed by atoms with E-state index in [1.54, 1.807) is 17.3 Å². The predicted octanol–water partition coefficient (Wildman–Crippen LogP) is 0.873. The number of nitrogens with zero attached hydrogens (tertiary/aromatic N) is 4. The molecule has 1 amide bonds. The molecule has 8 heteroatoms. The van der Waals surface area contributed by atoms with E-state index in [4.69, 9.17) is 0 Å². The normalized spacial score (nSPS) is 23.2. The fourth-order valence-corrected chi connectivity index (χ4v) is 5.53. The lowest BCUT2D eigenvalue weighted by Crippen LogP contribution is -2.46. The van der Waals surface area contributed by atoms with Crippen LogP contribution in [0.1, 0.15) is 30.6 Å². The number of carbonyl (C=O) groups is 1. The maximum atomic E-state index is 13.0. The number of pyridine rings is 1. The highest BCUT2D eigenvalue weighted by atomic mass is 32.2. The molecule has 0 spiro atoms. The van der Waals surface area contributed by atoms with Gasteiger partial charge in [-0.2, -0.15) is 0 Å². The summed E-state index contributed by atoms with van der Waals surface area (Å²) in [6, 6.07) is 1.66. The molecule has 0 bridgehead atoms. The average molecular weight is 381 g/mol. The van der Waals surface area contributed by atoms with Crippen molar-refractivity contribution in [1.29, 1.82) is 0 Å². The minimum atomic E-state index is -3.02. The SMILES string of the molecule is CCN1CCN(c2cncc(C(=O)N(CC)C3CCS(=O)(=O)C3)c2)CC1. The highest BCUT2D eigenvalue weighted by molar-refractivity contribution is 7.91. The lowest BCUT2D eigenvalue weighted by molar-refractivity contribution is 0.0708. The van der Waals surface area contributed by atoms with Crippen molar-refractivity contribution >= 4 is 21.4 Å². The zero-order valence-corrected chi connectivity index (χ0v) is 16.4. The standard InChI is InChI=1S/C18H28N4O3S/c1-3-20-6-8-21(9-7-20)17-11-15(12-19-13-17)18(23)22(4-2)16-5-10-26(24,25)14-16/h11-13,16H,3-10,14H2,1-2H3. The van der Waals surface area contributed by atoms with Crippen molar-refractivity contribution in [3.8, 4) is 0 Å². The van der Waals surface area contributed by atoms with Crippen LogP contribution >= 0.6 is 0 Å². The van der Waals surface area contributed by atoms with Gasteiger partial charge in [-0.3, -0.25) is 9.78 Å². The number of anilines is 1. The summed E-state index contributed by atoms with van der Waals surface area (Å²) in [5.74, 6) is 0.108. The molecule has 7 nitrogen and oxygen atoms in total. The lowest BCUT2D eigenvalue weighted by Gasteiger charge is -2.35. The summed E-state index contributed by atoms with van der Waals surface area (Å²) < 4.78 is 23.5. The van der Waals surface area contributed by atoms with E-state index in [0.717, 1.165) is 38.4 Å². The Morgan fingerprint density at radius 3 is 2.54 bits per heavy atom. The number of amides is 1. The first-order valence-electron chi connectivity index (χ1n) is 9.37. The van der Waals surface area contributed by atoms with Crippen LogP contribution in [0.3, 0.4) is 0 Å². The van der Waals surface area contributed by atoms with E-state index in [2.05, 4.69) is 21.7 Å². The summed E-state index contributed by atoms with van der Waals surface area (Å²) in [5, 5.41) is 0. The van der Waals surface area contributed by atoms with Crippen molar-refractivity contribution in [2.75, 3.05) is 55.7 Å². The Morgan fingerprint density at radius 1 is 1.23 bits per heavy atom. The molecule has 2 aliphatic rings. The van der Waals surface area contributed by atoms with Crippen LogP contribution in [0.4, 0.5) is 5.69 Å². The van der Waals surface area contributed by atoms with E-state index < -0.39 is 9.84 Å². The van der Waals surface area contributed by atoms with Gasteiger partial charge in [0.15, 0.2) is 9.84 Å². The third-order valence-electron chi connectivity index (χ3n) is 5.41. The Kier molecular flexibility index (Phi) is 5.82. The monoisotopic (exact) mass is 380 g/mol. The number of sulfone groups is 1. The minimum Gasteiger partial charge on any atom is -0.368 e. The average Bonchev–Trinajstić information content (AvgIpc) is 3.02. The highest BCUT2D eigenvalue weighted by Gasteiger charge is 2.34. The van der Waals surface area contributed by atoms with Crippen molar-refractivity contribution in [2.24, 2.45) is 0 Å². The van der Waals surface area contributed by atoms with Crippen molar-refractivity contribution in [1.82, 2.24) is 14.8 Å². The summed E-state index contributed by atoms with van der Waals surface area (Å²) in [6.45, 7) is 9.48. The van der Waals surface area contributed by atoms with Gasteiger partial charge in [0.05, 0.1) is 29.0 Å². The molecule has 0 radical (unpaired) electrons. The molecule has 3 heterocycles. The second-order valence-corrected chi connectivity index (χ2v) is 9.23. The quantitative estimate of drug-likeness (QED) is 0.755. The largest absolute Gasteiger partial charge is 0.368 e.